The molecule has 1 atom stereocenters. The molecule has 0 saturated heterocycles. The summed E-state index contributed by atoms with van der Waals surface area (Å²) in [4.78, 5) is 1.23. The van der Waals surface area contributed by atoms with E-state index in [-0.39, 0.29) is 0 Å². The van der Waals surface area contributed by atoms with E-state index in [1.807, 2.05) is 0 Å². The Hall–Kier alpha value is 0.480. The summed E-state index contributed by atoms with van der Waals surface area (Å²) in [6.45, 7) is 2.16. The summed E-state index contributed by atoms with van der Waals surface area (Å²) in [7, 11) is 2.68. The Balaban J connectivity index is 2.42. The second-order valence-corrected chi connectivity index (χ2v) is 3.25. The molecule has 0 N–H and O–H groups in total. The molecule has 3 heteroatoms. The average molecular weight is 147 g/mol. The van der Waals surface area contributed by atoms with Crippen LogP contribution in [0.15, 0.2) is 11.0 Å². The molecule has 8 heavy (non-hydrogen) atoms. The van der Waals surface area contributed by atoms with E-state index in [0.29, 0.717) is 0 Å². The molecule has 1 aliphatic rings. The van der Waals surface area contributed by atoms with Gasteiger partial charge in [0.15, 0.2) is 0 Å². The van der Waals surface area contributed by atoms with Crippen LogP contribution in [0.1, 0.15) is 6.42 Å². The third kappa shape index (κ3) is 1.77. The summed E-state index contributed by atoms with van der Waals surface area (Å²) in [5.41, 5.74) is 0. The summed E-state index contributed by atoms with van der Waals surface area (Å²) >= 11 is 4.23. The smallest absolute Gasteiger partial charge is 0.0208 e. The van der Waals surface area contributed by atoms with E-state index in [2.05, 4.69) is 32.8 Å². The van der Waals surface area contributed by atoms with Crippen molar-refractivity contribution in [2.45, 2.75) is 6.42 Å². The number of nitrogens with zero attached hydrogens (tertiary/aromatic N) is 1. The van der Waals surface area contributed by atoms with Crippen LogP contribution in [0, 0.1) is 0 Å². The van der Waals surface area contributed by atoms with Gasteiger partial charge in [-0.15, -0.1) is 12.6 Å². The Kier molecular flexibility index (Phi) is 2.36. The van der Waals surface area contributed by atoms with Crippen LogP contribution in [0.4, 0.5) is 0 Å². The standard InChI is InChI=1S/C5H10NPS/c7-6-3-1-5(8)2-4-6/h1,8H,2-4,7H2. The molecule has 0 saturated carbocycles. The molecule has 0 amide bonds. The monoisotopic (exact) mass is 147 g/mol. The van der Waals surface area contributed by atoms with Crippen LogP contribution in [0.3, 0.4) is 0 Å². The first kappa shape index (κ1) is 6.60. The molecule has 1 aliphatic heterocycles. The summed E-state index contributed by atoms with van der Waals surface area (Å²) in [5.74, 6) is 0. The zero-order valence-corrected chi connectivity index (χ0v) is 6.72. The summed E-state index contributed by atoms with van der Waals surface area (Å²) in [5, 5.41) is 0. The van der Waals surface area contributed by atoms with Crippen LogP contribution >= 0.6 is 22.0 Å². The fourth-order valence-electron chi connectivity index (χ4n) is 0.674. The lowest BCUT2D eigenvalue weighted by Crippen LogP contribution is -2.16. The van der Waals surface area contributed by atoms with E-state index < -0.39 is 0 Å². The van der Waals surface area contributed by atoms with Crippen molar-refractivity contribution in [3.05, 3.63) is 11.0 Å². The van der Waals surface area contributed by atoms with Crippen molar-refractivity contribution >= 4 is 22.0 Å². The first-order valence-electron chi connectivity index (χ1n) is 2.66. The van der Waals surface area contributed by atoms with Crippen molar-refractivity contribution < 1.29 is 0 Å². The maximum atomic E-state index is 4.23. The Morgan fingerprint density at radius 2 is 2.50 bits per heavy atom. The Morgan fingerprint density at radius 1 is 1.75 bits per heavy atom. The molecule has 0 spiro atoms. The maximum absolute atomic E-state index is 4.23. The Bertz CT molecular complexity index is 113. The molecule has 0 aromatic heterocycles. The maximum Gasteiger partial charge on any atom is 0.0208 e. The van der Waals surface area contributed by atoms with Gasteiger partial charge in [-0.05, 0) is 11.3 Å². The van der Waals surface area contributed by atoms with Gasteiger partial charge in [-0.2, -0.15) is 0 Å². The predicted molar refractivity (Wildman–Crippen MR) is 43.0 cm³/mol. The minimum atomic E-state index is 1.03. The average Bonchev–Trinajstić information content (AvgIpc) is 1.77. The molecule has 0 aliphatic carbocycles. The number of thiol groups is 1. The highest BCUT2D eigenvalue weighted by molar-refractivity contribution is 7.84. The van der Waals surface area contributed by atoms with Gasteiger partial charge in [0, 0.05) is 13.1 Å². The van der Waals surface area contributed by atoms with Gasteiger partial charge >= 0.3 is 0 Å². The van der Waals surface area contributed by atoms with E-state index in [1.165, 1.54) is 4.91 Å². The van der Waals surface area contributed by atoms with Crippen molar-refractivity contribution in [2.24, 2.45) is 0 Å². The third-order valence-corrected chi connectivity index (χ3v) is 2.09. The minimum absolute atomic E-state index is 1.03. The third-order valence-electron chi connectivity index (χ3n) is 1.22. The van der Waals surface area contributed by atoms with E-state index in [9.17, 15) is 0 Å². The number of rotatable bonds is 0. The highest BCUT2D eigenvalue weighted by atomic mass is 32.1. The van der Waals surface area contributed by atoms with Crippen LogP contribution in [0.2, 0.25) is 0 Å². The molecule has 1 unspecified atom stereocenters. The van der Waals surface area contributed by atoms with Gasteiger partial charge in [0.25, 0.3) is 0 Å². The largest absolute Gasteiger partial charge is 0.283 e. The number of hydrogen-bond donors (Lipinski definition) is 1. The lowest BCUT2D eigenvalue weighted by Gasteiger charge is -2.18. The molecule has 1 heterocycles. The van der Waals surface area contributed by atoms with Gasteiger partial charge in [-0.25, -0.2) is 0 Å². The van der Waals surface area contributed by atoms with E-state index in [4.69, 9.17) is 0 Å². The van der Waals surface area contributed by atoms with Gasteiger partial charge < -0.3 is 0 Å². The molecule has 0 bridgehead atoms. The highest BCUT2D eigenvalue weighted by Crippen LogP contribution is 2.15. The molecular weight excluding hydrogens is 137 g/mol. The lowest BCUT2D eigenvalue weighted by atomic mass is 10.3. The van der Waals surface area contributed by atoms with E-state index >= 15 is 0 Å². The molecule has 0 fully saturated rings. The van der Waals surface area contributed by atoms with Gasteiger partial charge in [0.1, 0.15) is 0 Å². The summed E-state index contributed by atoms with van der Waals surface area (Å²) in [6.07, 6.45) is 3.24. The van der Waals surface area contributed by atoms with Crippen molar-refractivity contribution in [3.63, 3.8) is 0 Å². The number of hydrogen-bond acceptors (Lipinski definition) is 2. The van der Waals surface area contributed by atoms with Crippen molar-refractivity contribution in [1.29, 1.82) is 0 Å². The SMILES string of the molecule is PN1CC=C(S)CC1. The fourth-order valence-corrected chi connectivity index (χ4v) is 1.09. The highest BCUT2D eigenvalue weighted by Gasteiger charge is 2.02. The van der Waals surface area contributed by atoms with Crippen molar-refractivity contribution in [3.8, 4) is 0 Å². The summed E-state index contributed by atoms with van der Waals surface area (Å²) < 4.78 is 2.19. The van der Waals surface area contributed by atoms with Crippen LogP contribution in [0.5, 0.6) is 0 Å². The lowest BCUT2D eigenvalue weighted by molar-refractivity contribution is 0.507. The van der Waals surface area contributed by atoms with Crippen LogP contribution in [-0.2, 0) is 0 Å². The van der Waals surface area contributed by atoms with Crippen LogP contribution in [0.25, 0.3) is 0 Å². The predicted octanol–water partition coefficient (Wildman–Crippen LogP) is 1.30. The van der Waals surface area contributed by atoms with Crippen molar-refractivity contribution in [1.82, 2.24) is 4.67 Å². The Labute approximate surface area is 57.8 Å². The first-order chi connectivity index (χ1) is 3.79. The van der Waals surface area contributed by atoms with Crippen LogP contribution < -0.4 is 0 Å². The quantitative estimate of drug-likeness (QED) is 0.399. The normalized spacial score (nSPS) is 23.0. The molecule has 46 valence electrons. The first-order valence-corrected chi connectivity index (χ1v) is 3.63. The fraction of sp³-hybridized carbons (Fsp3) is 0.600. The topological polar surface area (TPSA) is 3.24 Å². The summed E-state index contributed by atoms with van der Waals surface area (Å²) in [6, 6.07) is 0. The van der Waals surface area contributed by atoms with Gasteiger partial charge in [0.05, 0.1) is 0 Å². The van der Waals surface area contributed by atoms with Gasteiger partial charge in [-0.3, -0.25) is 4.67 Å². The molecule has 0 aromatic carbocycles. The van der Waals surface area contributed by atoms with Crippen molar-refractivity contribution in [2.75, 3.05) is 13.1 Å². The Morgan fingerprint density at radius 3 is 2.88 bits per heavy atom. The zero-order chi connectivity index (χ0) is 5.98. The van der Waals surface area contributed by atoms with Gasteiger partial charge in [0.2, 0.25) is 0 Å². The molecule has 0 radical (unpaired) electrons. The second-order valence-electron chi connectivity index (χ2n) is 1.94. The second kappa shape index (κ2) is 2.86. The van der Waals surface area contributed by atoms with Crippen LogP contribution in [-0.4, -0.2) is 17.8 Å². The molecule has 0 aromatic rings. The minimum Gasteiger partial charge on any atom is -0.283 e. The zero-order valence-electron chi connectivity index (χ0n) is 4.67. The van der Waals surface area contributed by atoms with E-state index in [0.717, 1.165) is 19.5 Å². The molecule has 1 nitrogen and oxygen atoms in total. The van der Waals surface area contributed by atoms with E-state index in [1.54, 1.807) is 0 Å². The molecular formula is C5H10NPS. The van der Waals surface area contributed by atoms with Gasteiger partial charge in [-0.1, -0.05) is 15.5 Å². The molecule has 1 rings (SSSR count).